The van der Waals surface area contributed by atoms with Crippen molar-refractivity contribution in [2.24, 2.45) is 0 Å². The minimum atomic E-state index is -0.277. The first kappa shape index (κ1) is 25.1. The van der Waals surface area contributed by atoms with Gasteiger partial charge < -0.3 is 10.1 Å². The predicted molar refractivity (Wildman–Crippen MR) is 130 cm³/mol. The lowest BCUT2D eigenvalue weighted by atomic mass is 10.2. The number of aryl methyl sites for hydroxylation is 3. The molecule has 176 valence electrons. The summed E-state index contributed by atoms with van der Waals surface area (Å²) in [6.07, 6.45) is 0.879. The standard InChI is InChI=1S/C23H29ClN6O2S/c1-14(2)32-10-6-9-25-22(31)21-20(13-33-23-26-16(4)11-17(5)27-23)30(29-28-21)18-8-7-15(3)19(24)12-18/h7-8,11-12,14H,6,9-10,13H2,1-5H3,(H,25,31). The van der Waals surface area contributed by atoms with Gasteiger partial charge in [-0.2, -0.15) is 0 Å². The van der Waals surface area contributed by atoms with E-state index in [0.29, 0.717) is 41.2 Å². The van der Waals surface area contributed by atoms with Gasteiger partial charge in [0.1, 0.15) is 0 Å². The normalized spacial score (nSPS) is 11.2. The smallest absolute Gasteiger partial charge is 0.273 e. The third kappa shape index (κ3) is 6.99. The molecule has 0 spiro atoms. The lowest BCUT2D eigenvalue weighted by molar-refractivity contribution is 0.0756. The Bertz CT molecular complexity index is 1100. The Labute approximate surface area is 203 Å². The van der Waals surface area contributed by atoms with Crippen LogP contribution in [0.25, 0.3) is 5.69 Å². The lowest BCUT2D eigenvalue weighted by Crippen LogP contribution is -2.27. The minimum absolute atomic E-state index is 0.165. The topological polar surface area (TPSA) is 94.8 Å². The molecule has 1 amide bonds. The molecule has 33 heavy (non-hydrogen) atoms. The van der Waals surface area contributed by atoms with Crippen LogP contribution in [-0.2, 0) is 10.5 Å². The summed E-state index contributed by atoms with van der Waals surface area (Å²) in [5, 5.41) is 12.6. The maximum atomic E-state index is 12.9. The second-order valence-corrected chi connectivity index (χ2v) is 9.33. The quantitative estimate of drug-likeness (QED) is 0.255. The Balaban J connectivity index is 1.83. The molecule has 2 aromatic heterocycles. The van der Waals surface area contributed by atoms with Crippen LogP contribution in [0.5, 0.6) is 0 Å². The van der Waals surface area contributed by atoms with Crippen molar-refractivity contribution in [1.29, 1.82) is 0 Å². The highest BCUT2D eigenvalue weighted by Gasteiger charge is 2.21. The van der Waals surface area contributed by atoms with Gasteiger partial charge in [0.25, 0.3) is 5.91 Å². The average molecular weight is 489 g/mol. The molecule has 1 N–H and O–H groups in total. The molecule has 0 aliphatic rings. The van der Waals surface area contributed by atoms with Crippen molar-refractivity contribution in [2.45, 2.75) is 58.1 Å². The maximum absolute atomic E-state index is 12.9. The van der Waals surface area contributed by atoms with E-state index in [1.54, 1.807) is 4.68 Å². The highest BCUT2D eigenvalue weighted by atomic mass is 35.5. The second-order valence-electron chi connectivity index (χ2n) is 7.98. The molecule has 0 atom stereocenters. The van der Waals surface area contributed by atoms with Gasteiger partial charge in [0.05, 0.1) is 17.5 Å². The van der Waals surface area contributed by atoms with Gasteiger partial charge in [0.15, 0.2) is 10.9 Å². The summed E-state index contributed by atoms with van der Waals surface area (Å²) in [5.41, 5.74) is 4.40. The van der Waals surface area contributed by atoms with Crippen LogP contribution in [0, 0.1) is 20.8 Å². The molecule has 0 aliphatic carbocycles. The maximum Gasteiger partial charge on any atom is 0.273 e. The number of amides is 1. The number of hydrogen-bond acceptors (Lipinski definition) is 7. The molecule has 3 aromatic rings. The van der Waals surface area contributed by atoms with Crippen LogP contribution in [0.15, 0.2) is 29.4 Å². The van der Waals surface area contributed by atoms with E-state index in [1.807, 2.05) is 58.9 Å². The Morgan fingerprint density at radius 3 is 2.58 bits per heavy atom. The van der Waals surface area contributed by atoms with E-state index in [9.17, 15) is 4.79 Å². The number of benzene rings is 1. The second kappa shape index (κ2) is 11.6. The molecule has 0 bridgehead atoms. The van der Waals surface area contributed by atoms with Crippen molar-refractivity contribution in [1.82, 2.24) is 30.3 Å². The monoisotopic (exact) mass is 488 g/mol. The third-order valence-corrected chi connectivity index (χ3v) is 6.00. The highest BCUT2D eigenvalue weighted by Crippen LogP contribution is 2.25. The van der Waals surface area contributed by atoms with Crippen molar-refractivity contribution in [3.05, 3.63) is 57.6 Å². The molecule has 0 fully saturated rings. The summed E-state index contributed by atoms with van der Waals surface area (Å²) in [4.78, 5) is 21.9. The molecule has 8 nitrogen and oxygen atoms in total. The number of hydrogen-bond donors (Lipinski definition) is 1. The van der Waals surface area contributed by atoms with E-state index in [2.05, 4.69) is 25.6 Å². The van der Waals surface area contributed by atoms with Gasteiger partial charge in [-0.3, -0.25) is 4.79 Å². The average Bonchev–Trinajstić information content (AvgIpc) is 3.17. The van der Waals surface area contributed by atoms with E-state index < -0.39 is 0 Å². The van der Waals surface area contributed by atoms with Crippen molar-refractivity contribution in [3.63, 3.8) is 0 Å². The van der Waals surface area contributed by atoms with Crippen LogP contribution in [0.2, 0.25) is 5.02 Å². The molecule has 10 heteroatoms. The number of aromatic nitrogens is 5. The van der Waals surface area contributed by atoms with Gasteiger partial charge in [-0.05, 0) is 64.8 Å². The van der Waals surface area contributed by atoms with Crippen molar-refractivity contribution < 1.29 is 9.53 Å². The summed E-state index contributed by atoms with van der Waals surface area (Å²) in [7, 11) is 0. The number of ether oxygens (including phenoxy) is 1. The SMILES string of the molecule is Cc1cc(C)nc(SCc2c(C(=O)NCCCOC(C)C)nnn2-c2ccc(C)c(Cl)c2)n1. The van der Waals surface area contributed by atoms with E-state index in [0.717, 1.165) is 22.6 Å². The summed E-state index contributed by atoms with van der Waals surface area (Å²) in [6, 6.07) is 7.56. The first-order valence-electron chi connectivity index (χ1n) is 10.8. The van der Waals surface area contributed by atoms with Crippen molar-refractivity contribution in [3.8, 4) is 5.69 Å². The number of rotatable bonds is 10. The number of carbonyl (C=O) groups is 1. The van der Waals surface area contributed by atoms with Crippen LogP contribution in [0.1, 0.15) is 53.4 Å². The zero-order valence-corrected chi connectivity index (χ0v) is 21.1. The third-order valence-electron chi connectivity index (χ3n) is 4.74. The molecule has 0 radical (unpaired) electrons. The van der Waals surface area contributed by atoms with E-state index >= 15 is 0 Å². The fourth-order valence-electron chi connectivity index (χ4n) is 3.10. The van der Waals surface area contributed by atoms with Crippen LogP contribution >= 0.6 is 23.4 Å². The Hall–Kier alpha value is -2.49. The molecule has 0 saturated heterocycles. The molecular formula is C23H29ClN6O2S. The largest absolute Gasteiger partial charge is 0.379 e. The van der Waals surface area contributed by atoms with Crippen molar-refractivity contribution >= 4 is 29.3 Å². The Kier molecular flexibility index (Phi) is 8.82. The highest BCUT2D eigenvalue weighted by molar-refractivity contribution is 7.98. The first-order valence-corrected chi connectivity index (χ1v) is 12.2. The molecule has 0 aliphatic heterocycles. The summed E-state index contributed by atoms with van der Waals surface area (Å²) in [6.45, 7) is 10.8. The van der Waals surface area contributed by atoms with Crippen LogP contribution in [0.4, 0.5) is 0 Å². The zero-order chi connectivity index (χ0) is 24.0. The van der Waals surface area contributed by atoms with Gasteiger partial charge in [-0.25, -0.2) is 14.6 Å². The molecule has 0 saturated carbocycles. The van der Waals surface area contributed by atoms with Crippen LogP contribution in [-0.4, -0.2) is 50.1 Å². The van der Waals surface area contributed by atoms with Gasteiger partial charge in [0.2, 0.25) is 0 Å². The predicted octanol–water partition coefficient (Wildman–Crippen LogP) is 4.47. The summed E-state index contributed by atoms with van der Waals surface area (Å²) >= 11 is 7.77. The molecule has 0 unspecified atom stereocenters. The number of carbonyl (C=O) groups excluding carboxylic acids is 1. The molecule has 1 aromatic carbocycles. The lowest BCUT2D eigenvalue weighted by Gasteiger charge is -2.10. The van der Waals surface area contributed by atoms with Gasteiger partial charge >= 0.3 is 0 Å². The van der Waals surface area contributed by atoms with Gasteiger partial charge in [0, 0.05) is 35.3 Å². The number of thioether (sulfide) groups is 1. The van der Waals surface area contributed by atoms with E-state index in [-0.39, 0.29) is 17.7 Å². The molecular weight excluding hydrogens is 460 g/mol. The number of halogens is 1. The van der Waals surface area contributed by atoms with E-state index in [1.165, 1.54) is 11.8 Å². The summed E-state index contributed by atoms with van der Waals surface area (Å²) in [5.74, 6) is 0.140. The number of nitrogens with zero attached hydrogens (tertiary/aromatic N) is 5. The molecule has 2 heterocycles. The van der Waals surface area contributed by atoms with Crippen LogP contribution in [0.3, 0.4) is 0 Å². The number of nitrogens with one attached hydrogen (secondary N) is 1. The minimum Gasteiger partial charge on any atom is -0.379 e. The first-order chi connectivity index (χ1) is 15.7. The molecule has 3 rings (SSSR count). The summed E-state index contributed by atoms with van der Waals surface area (Å²) < 4.78 is 7.18. The Morgan fingerprint density at radius 2 is 1.91 bits per heavy atom. The zero-order valence-electron chi connectivity index (χ0n) is 19.6. The van der Waals surface area contributed by atoms with Crippen LogP contribution < -0.4 is 5.32 Å². The fraction of sp³-hybridized carbons (Fsp3) is 0.435. The van der Waals surface area contributed by atoms with Crippen molar-refractivity contribution in [2.75, 3.05) is 13.2 Å². The fourth-order valence-corrected chi connectivity index (χ4v) is 4.21. The van der Waals surface area contributed by atoms with Gasteiger partial charge in [-0.15, -0.1) is 5.10 Å². The van der Waals surface area contributed by atoms with E-state index in [4.69, 9.17) is 16.3 Å². The van der Waals surface area contributed by atoms with Gasteiger partial charge in [-0.1, -0.05) is 34.6 Å². The Morgan fingerprint density at radius 1 is 1.18 bits per heavy atom.